The molecule has 2 aromatic rings. The fraction of sp³-hybridized carbons (Fsp3) is 0.300. The van der Waals surface area contributed by atoms with E-state index in [-0.39, 0.29) is 17.6 Å². The maximum absolute atomic E-state index is 12.7. The van der Waals surface area contributed by atoms with Gasteiger partial charge in [-0.05, 0) is 55.3 Å². The van der Waals surface area contributed by atoms with Gasteiger partial charge in [-0.15, -0.1) is 0 Å². The summed E-state index contributed by atoms with van der Waals surface area (Å²) in [6.45, 7) is 1.07. The molecule has 0 N–H and O–H groups in total. The van der Waals surface area contributed by atoms with Gasteiger partial charge in [-0.3, -0.25) is 9.59 Å². The van der Waals surface area contributed by atoms with Crippen LogP contribution in [0.3, 0.4) is 0 Å². The van der Waals surface area contributed by atoms with Gasteiger partial charge in [-0.25, -0.2) is 0 Å². The number of halogens is 2. The minimum Gasteiger partial charge on any atom is -0.497 e. The van der Waals surface area contributed by atoms with Crippen LogP contribution in [0.1, 0.15) is 33.6 Å². The summed E-state index contributed by atoms with van der Waals surface area (Å²) in [6.07, 6.45) is 1.29. The third-order valence-electron chi connectivity index (χ3n) is 4.64. The average molecular weight is 392 g/mol. The van der Waals surface area contributed by atoms with Crippen molar-refractivity contribution < 1.29 is 14.3 Å². The first-order valence-electron chi connectivity index (χ1n) is 8.41. The van der Waals surface area contributed by atoms with Gasteiger partial charge >= 0.3 is 0 Å². The molecule has 1 fully saturated rings. The van der Waals surface area contributed by atoms with Crippen LogP contribution in [-0.2, 0) is 0 Å². The Kier molecular flexibility index (Phi) is 5.84. The van der Waals surface area contributed by atoms with Gasteiger partial charge < -0.3 is 9.64 Å². The van der Waals surface area contributed by atoms with E-state index in [9.17, 15) is 9.59 Å². The molecule has 0 aromatic heterocycles. The Labute approximate surface area is 162 Å². The molecule has 1 amide bonds. The standard InChI is InChI=1S/C20H19Cl2NO3/c1-26-18-4-2-13(3-5-18)19(24)14-6-8-23(9-7-14)20(25)15-10-16(21)12-17(22)11-15/h2-5,10-12,14H,6-9H2,1H3. The van der Waals surface area contributed by atoms with Crippen LogP contribution < -0.4 is 4.74 Å². The lowest BCUT2D eigenvalue weighted by molar-refractivity contribution is 0.0650. The van der Waals surface area contributed by atoms with Crippen LogP contribution in [0.25, 0.3) is 0 Å². The maximum Gasteiger partial charge on any atom is 0.253 e. The smallest absolute Gasteiger partial charge is 0.253 e. The van der Waals surface area contributed by atoms with Gasteiger partial charge in [0.1, 0.15) is 5.75 Å². The van der Waals surface area contributed by atoms with Gasteiger partial charge in [0, 0.05) is 40.2 Å². The van der Waals surface area contributed by atoms with Gasteiger partial charge in [0.25, 0.3) is 5.91 Å². The number of piperidine rings is 1. The first-order valence-corrected chi connectivity index (χ1v) is 9.17. The van der Waals surface area contributed by atoms with E-state index >= 15 is 0 Å². The number of benzene rings is 2. The minimum atomic E-state index is -0.107. The van der Waals surface area contributed by atoms with Crippen LogP contribution >= 0.6 is 23.2 Å². The average Bonchev–Trinajstić information content (AvgIpc) is 2.66. The fourth-order valence-corrected chi connectivity index (χ4v) is 3.72. The van der Waals surface area contributed by atoms with E-state index < -0.39 is 0 Å². The third-order valence-corrected chi connectivity index (χ3v) is 5.07. The Morgan fingerprint density at radius 3 is 2.08 bits per heavy atom. The molecule has 0 aliphatic carbocycles. The highest BCUT2D eigenvalue weighted by Gasteiger charge is 2.28. The van der Waals surface area contributed by atoms with Crippen LogP contribution in [0.4, 0.5) is 0 Å². The van der Waals surface area contributed by atoms with Crippen LogP contribution in [0.2, 0.25) is 10.0 Å². The molecular weight excluding hydrogens is 373 g/mol. The Morgan fingerprint density at radius 2 is 1.54 bits per heavy atom. The van der Waals surface area contributed by atoms with Crippen LogP contribution in [0, 0.1) is 5.92 Å². The van der Waals surface area contributed by atoms with Gasteiger partial charge in [-0.1, -0.05) is 23.2 Å². The highest BCUT2D eigenvalue weighted by molar-refractivity contribution is 6.35. The molecule has 4 nitrogen and oxygen atoms in total. The molecule has 26 heavy (non-hydrogen) atoms. The zero-order valence-electron chi connectivity index (χ0n) is 14.4. The van der Waals surface area contributed by atoms with E-state index in [1.54, 1.807) is 54.5 Å². The molecule has 0 bridgehead atoms. The predicted molar refractivity (Wildman–Crippen MR) is 102 cm³/mol. The topological polar surface area (TPSA) is 46.6 Å². The van der Waals surface area contributed by atoms with Crippen molar-refractivity contribution >= 4 is 34.9 Å². The Hall–Kier alpha value is -2.04. The van der Waals surface area contributed by atoms with Crippen LogP contribution in [0.5, 0.6) is 5.75 Å². The van der Waals surface area contributed by atoms with Gasteiger partial charge in [0.2, 0.25) is 0 Å². The summed E-state index contributed by atoms with van der Waals surface area (Å²) in [5, 5.41) is 0.871. The predicted octanol–water partition coefficient (Wildman–Crippen LogP) is 4.74. The normalized spacial score (nSPS) is 15.0. The molecule has 0 saturated carbocycles. The van der Waals surface area contributed by atoms with Gasteiger partial charge in [0.05, 0.1) is 7.11 Å². The minimum absolute atomic E-state index is 0.0737. The molecule has 1 aliphatic rings. The molecule has 2 aromatic carbocycles. The van der Waals surface area contributed by atoms with Crippen molar-refractivity contribution in [2.75, 3.05) is 20.2 Å². The van der Waals surface area contributed by atoms with Crippen molar-refractivity contribution in [2.24, 2.45) is 5.92 Å². The third kappa shape index (κ3) is 4.19. The van der Waals surface area contributed by atoms with Crippen LogP contribution in [-0.4, -0.2) is 36.8 Å². The van der Waals surface area contributed by atoms with E-state index in [1.165, 1.54) is 0 Å². The summed E-state index contributed by atoms with van der Waals surface area (Å²) in [7, 11) is 1.59. The number of hydrogen-bond acceptors (Lipinski definition) is 3. The molecule has 6 heteroatoms. The largest absolute Gasteiger partial charge is 0.497 e. The molecule has 0 unspecified atom stereocenters. The number of likely N-dealkylation sites (tertiary alicyclic amines) is 1. The molecule has 1 aliphatic heterocycles. The number of carbonyl (C=O) groups excluding carboxylic acids is 2. The lowest BCUT2D eigenvalue weighted by Gasteiger charge is -2.31. The quantitative estimate of drug-likeness (QED) is 0.707. The Balaban J connectivity index is 1.62. The molecule has 3 rings (SSSR count). The second-order valence-corrected chi connectivity index (χ2v) is 7.19. The van der Waals surface area contributed by atoms with E-state index in [0.29, 0.717) is 47.1 Å². The number of rotatable bonds is 4. The summed E-state index contributed by atoms with van der Waals surface area (Å²) < 4.78 is 5.12. The number of ether oxygens (including phenoxy) is 1. The monoisotopic (exact) mass is 391 g/mol. The van der Waals surface area contributed by atoms with E-state index in [1.807, 2.05) is 0 Å². The summed E-state index contributed by atoms with van der Waals surface area (Å²) in [5.41, 5.74) is 1.15. The van der Waals surface area contributed by atoms with Crippen molar-refractivity contribution in [3.63, 3.8) is 0 Å². The lowest BCUT2D eigenvalue weighted by Crippen LogP contribution is -2.40. The second kappa shape index (κ2) is 8.11. The molecule has 1 saturated heterocycles. The number of nitrogens with zero attached hydrogens (tertiary/aromatic N) is 1. The molecule has 0 radical (unpaired) electrons. The first kappa shape index (κ1) is 18.7. The number of methoxy groups -OCH3 is 1. The van der Waals surface area contributed by atoms with Gasteiger partial charge in [0.15, 0.2) is 5.78 Å². The highest BCUT2D eigenvalue weighted by Crippen LogP contribution is 2.25. The van der Waals surface area contributed by atoms with E-state index in [0.717, 1.165) is 5.75 Å². The summed E-state index contributed by atoms with van der Waals surface area (Å²) in [6, 6.07) is 12.0. The highest BCUT2D eigenvalue weighted by atomic mass is 35.5. The Morgan fingerprint density at radius 1 is 0.962 bits per heavy atom. The maximum atomic E-state index is 12.7. The van der Waals surface area contributed by atoms with Crippen molar-refractivity contribution in [1.82, 2.24) is 4.90 Å². The number of carbonyl (C=O) groups is 2. The van der Waals surface area contributed by atoms with Crippen LogP contribution in [0.15, 0.2) is 42.5 Å². The number of ketones is 1. The van der Waals surface area contributed by atoms with Gasteiger partial charge in [-0.2, -0.15) is 0 Å². The number of Topliss-reactive ketones (excluding diaryl/α,β-unsaturated/α-hetero) is 1. The second-order valence-electron chi connectivity index (χ2n) is 6.32. The first-order chi connectivity index (χ1) is 12.5. The lowest BCUT2D eigenvalue weighted by atomic mass is 9.88. The number of amides is 1. The van der Waals surface area contributed by atoms with E-state index in [2.05, 4.69) is 0 Å². The fourth-order valence-electron chi connectivity index (χ4n) is 3.20. The summed E-state index contributed by atoms with van der Waals surface area (Å²) >= 11 is 12.0. The van der Waals surface area contributed by atoms with Crippen molar-refractivity contribution in [3.8, 4) is 5.75 Å². The van der Waals surface area contributed by atoms with Crippen molar-refractivity contribution in [3.05, 3.63) is 63.6 Å². The van der Waals surface area contributed by atoms with Crippen molar-refractivity contribution in [1.29, 1.82) is 0 Å². The zero-order chi connectivity index (χ0) is 18.7. The molecule has 0 spiro atoms. The summed E-state index contributed by atoms with van der Waals surface area (Å²) in [4.78, 5) is 27.0. The SMILES string of the molecule is COc1ccc(C(=O)C2CCN(C(=O)c3cc(Cl)cc(Cl)c3)CC2)cc1. The van der Waals surface area contributed by atoms with E-state index in [4.69, 9.17) is 27.9 Å². The molecule has 136 valence electrons. The molecular formula is C20H19Cl2NO3. The molecule has 1 heterocycles. The Bertz CT molecular complexity index is 792. The summed E-state index contributed by atoms with van der Waals surface area (Å²) in [5.74, 6) is 0.660. The number of hydrogen-bond donors (Lipinski definition) is 0. The van der Waals surface area contributed by atoms with Crippen molar-refractivity contribution in [2.45, 2.75) is 12.8 Å². The zero-order valence-corrected chi connectivity index (χ0v) is 15.9. The molecule has 0 atom stereocenters.